The van der Waals surface area contributed by atoms with Gasteiger partial charge in [-0.25, -0.2) is 9.97 Å². The average molecular weight is 994 g/mol. The summed E-state index contributed by atoms with van der Waals surface area (Å²) in [6.07, 6.45) is 31.2. The number of aliphatic hydroxyl groups is 1. The Hall–Kier alpha value is -6.63. The predicted molar refractivity (Wildman–Crippen MR) is 314 cm³/mol. The summed E-state index contributed by atoms with van der Waals surface area (Å²) in [5.41, 5.74) is 15.3. The fourth-order valence-corrected chi connectivity index (χ4v) is 6.34. The average Bonchev–Trinajstić information content (AvgIpc) is 4.03. The molecule has 0 bridgehead atoms. The van der Waals surface area contributed by atoms with Crippen LogP contribution in [0, 0.1) is 49.4 Å². The van der Waals surface area contributed by atoms with Crippen molar-refractivity contribution < 1.29 is 14.6 Å². The molecule has 0 radical (unpaired) electrons. The van der Waals surface area contributed by atoms with Crippen molar-refractivity contribution in [3.05, 3.63) is 127 Å². The van der Waals surface area contributed by atoms with Gasteiger partial charge in [0.1, 0.15) is 11.5 Å². The van der Waals surface area contributed by atoms with Crippen molar-refractivity contribution in [1.82, 2.24) is 15.3 Å². The molecule has 3 heterocycles. The number of unbranched alkanes of at least 4 members (excludes halogenated alkanes) is 5. The van der Waals surface area contributed by atoms with E-state index in [0.717, 1.165) is 139 Å². The molecule has 8 rings (SSSR count). The minimum atomic E-state index is 0. The molecule has 72 heavy (non-hydrogen) atoms. The quantitative estimate of drug-likeness (QED) is 0.0312. The van der Waals surface area contributed by atoms with Crippen LogP contribution in [-0.4, -0.2) is 74.0 Å². The number of terminal acetylenes is 4. The number of nitrogens with zero attached hydrogens (tertiary/aromatic N) is 2. The number of anilines is 1. The number of fused-ring (bicyclic) bond motifs is 4. The molecule has 0 spiro atoms. The molecule has 10 heteroatoms. The fraction of sp³-hybridized carbons (Fsp3) is 0.355. The number of ether oxygens (including phenoxy) is 2. The minimum Gasteiger partial charge on any atom is -0.456 e. The third-order valence-electron chi connectivity index (χ3n) is 9.81. The molecule has 1 saturated heterocycles. The standard InChI is InChI=1S/C19H13NO.C18H17N3.C7H12.C6H11N.C4H8O.C3H3Cl.C3H9N.CH4O.CH4/c1-2-8-14(9-3-1)21-19-15-10-4-6-12-17(15)20-18-13-7-5-11-16(18)19;1-2-11-19-12-13-20-18-14-7-3-5-9-16(14)21-17-10-6-4-8-15(17)18;1-3-5-7-6-4-2;1-2-3-4-5-6-7;1-2-4-5-3-1;2*1-2-3-4;1-2;/h1-13H;1,3-10,19H,11-13H2,(H,20,21);1H,4-7H2,2H3;1H,3-7H2;1-4H2;1H,3H2;2-4H2,1H3;2H,1H3;1H4. The molecule has 7 aromatic rings. The number of pyridine rings is 2. The van der Waals surface area contributed by atoms with E-state index in [4.69, 9.17) is 66.9 Å². The highest BCUT2D eigenvalue weighted by molar-refractivity contribution is 6.19. The molecule has 0 saturated carbocycles. The van der Waals surface area contributed by atoms with Gasteiger partial charge in [0.25, 0.3) is 0 Å². The van der Waals surface area contributed by atoms with Gasteiger partial charge >= 0.3 is 0 Å². The van der Waals surface area contributed by atoms with Crippen LogP contribution in [0.2, 0.25) is 0 Å². The number of benzene rings is 5. The van der Waals surface area contributed by atoms with Gasteiger partial charge < -0.3 is 36.7 Å². The molecule has 0 atom stereocenters. The van der Waals surface area contributed by atoms with Crippen molar-refractivity contribution in [1.29, 1.82) is 0 Å². The van der Waals surface area contributed by atoms with Gasteiger partial charge in [-0.15, -0.1) is 49.1 Å². The number of alkyl halides is 1. The van der Waals surface area contributed by atoms with E-state index < -0.39 is 0 Å². The van der Waals surface area contributed by atoms with Crippen molar-refractivity contribution in [2.24, 2.45) is 11.5 Å². The van der Waals surface area contributed by atoms with E-state index in [2.05, 4.69) is 66.7 Å². The van der Waals surface area contributed by atoms with Crippen molar-refractivity contribution in [3.8, 4) is 60.9 Å². The first kappa shape index (κ1) is 65.4. The van der Waals surface area contributed by atoms with E-state index in [1.807, 2.05) is 115 Å². The first-order chi connectivity index (χ1) is 35.0. The number of halogens is 1. The predicted octanol–water partition coefficient (Wildman–Crippen LogP) is 13.4. The summed E-state index contributed by atoms with van der Waals surface area (Å²) in [6.45, 7) is 10.1. The number of hydrogen-bond acceptors (Lipinski definition) is 9. The summed E-state index contributed by atoms with van der Waals surface area (Å²) >= 11 is 4.95. The second-order valence-corrected chi connectivity index (χ2v) is 15.5. The molecule has 5 aromatic carbocycles. The lowest BCUT2D eigenvalue weighted by molar-refractivity contribution is 0.198. The van der Waals surface area contributed by atoms with Crippen LogP contribution in [0.4, 0.5) is 5.69 Å². The van der Waals surface area contributed by atoms with E-state index in [1.165, 1.54) is 32.1 Å². The summed E-state index contributed by atoms with van der Waals surface area (Å²) in [7, 11) is 1.00. The van der Waals surface area contributed by atoms with Gasteiger partial charge in [-0.2, -0.15) is 0 Å². The Balaban J connectivity index is 0.000000911. The largest absolute Gasteiger partial charge is 0.456 e. The number of nitrogens with one attached hydrogen (secondary N) is 2. The Bertz CT molecular complexity index is 2470. The second kappa shape index (κ2) is 45.5. The smallest absolute Gasteiger partial charge is 0.146 e. The molecule has 1 aliphatic rings. The van der Waals surface area contributed by atoms with Crippen LogP contribution in [0.1, 0.15) is 85.5 Å². The Morgan fingerprint density at radius 3 is 1.40 bits per heavy atom. The number of hydrogen-bond donors (Lipinski definition) is 5. The van der Waals surface area contributed by atoms with Gasteiger partial charge in [0.15, 0.2) is 0 Å². The molecule has 0 aliphatic carbocycles. The van der Waals surface area contributed by atoms with Crippen molar-refractivity contribution in [2.45, 2.75) is 85.5 Å². The molecule has 0 amide bonds. The van der Waals surface area contributed by atoms with Gasteiger partial charge in [0, 0.05) is 67.8 Å². The van der Waals surface area contributed by atoms with Crippen LogP contribution in [0.15, 0.2) is 127 Å². The number of aliphatic hydroxyl groups excluding tert-OH is 1. The molecule has 9 nitrogen and oxygen atoms in total. The molecule has 0 unspecified atom stereocenters. The Morgan fingerprint density at radius 1 is 0.583 bits per heavy atom. The SMILES string of the molecule is C.C#CCCCCC.C#CCCCCN.C#CCCl.C#CCNCCNc1c2ccccc2nc2ccccc12.C1CCOC1.CCCN.CO.c1ccc(Oc2c3ccccc3nc3ccccc23)cc1. The van der Waals surface area contributed by atoms with Crippen LogP contribution in [0.5, 0.6) is 11.5 Å². The van der Waals surface area contributed by atoms with Gasteiger partial charge in [-0.05, 0) is 100 Å². The monoisotopic (exact) mass is 993 g/mol. The first-order valence-electron chi connectivity index (χ1n) is 24.4. The zero-order valence-electron chi connectivity index (χ0n) is 42.4. The topological polar surface area (TPSA) is 141 Å². The lowest BCUT2D eigenvalue weighted by Crippen LogP contribution is -2.22. The Labute approximate surface area is 438 Å². The third kappa shape index (κ3) is 27.1. The Morgan fingerprint density at radius 2 is 1.01 bits per heavy atom. The summed E-state index contributed by atoms with van der Waals surface area (Å²) in [5, 5.41) is 18.1. The zero-order chi connectivity index (χ0) is 52.0. The maximum absolute atomic E-state index is 7.00. The summed E-state index contributed by atoms with van der Waals surface area (Å²) < 4.78 is 11.1. The molecule has 7 N–H and O–H groups in total. The molecule has 2 aromatic heterocycles. The highest BCUT2D eigenvalue weighted by atomic mass is 35.5. The first-order valence-corrected chi connectivity index (χ1v) is 25.0. The van der Waals surface area contributed by atoms with Crippen LogP contribution < -0.4 is 26.8 Å². The van der Waals surface area contributed by atoms with Crippen LogP contribution in [0.3, 0.4) is 0 Å². The summed E-state index contributed by atoms with van der Waals surface area (Å²) in [4.78, 5) is 9.41. The summed E-state index contributed by atoms with van der Waals surface area (Å²) in [5.74, 6) is 11.9. The molecular formula is C62H81ClN6O3. The fourth-order valence-electron chi connectivity index (χ4n) is 6.34. The van der Waals surface area contributed by atoms with Gasteiger partial charge in [0.05, 0.1) is 40.2 Å². The van der Waals surface area contributed by atoms with Gasteiger partial charge in [-0.1, -0.05) is 125 Å². The normalized spacial score (nSPS) is 10.3. The lowest BCUT2D eigenvalue weighted by Gasteiger charge is -2.13. The van der Waals surface area contributed by atoms with Gasteiger partial charge in [-0.3, -0.25) is 0 Å². The number of para-hydroxylation sites is 5. The minimum absolute atomic E-state index is 0. The molecular weight excluding hydrogens is 912 g/mol. The van der Waals surface area contributed by atoms with Crippen LogP contribution in [-0.2, 0) is 4.74 Å². The van der Waals surface area contributed by atoms with Crippen LogP contribution >= 0.6 is 11.6 Å². The van der Waals surface area contributed by atoms with E-state index in [-0.39, 0.29) is 7.43 Å². The van der Waals surface area contributed by atoms with Crippen LogP contribution in [0.25, 0.3) is 43.6 Å². The van der Waals surface area contributed by atoms with Crippen molar-refractivity contribution >= 4 is 60.9 Å². The Kier molecular flexibility index (Phi) is 41.3. The van der Waals surface area contributed by atoms with E-state index in [9.17, 15) is 0 Å². The lowest BCUT2D eigenvalue weighted by atomic mass is 10.1. The number of nitrogens with two attached hydrogens (primary N) is 2. The highest BCUT2D eigenvalue weighted by Crippen LogP contribution is 2.36. The molecule has 384 valence electrons. The second-order valence-electron chi connectivity index (χ2n) is 15.3. The maximum Gasteiger partial charge on any atom is 0.146 e. The van der Waals surface area contributed by atoms with Crippen molar-refractivity contribution in [3.63, 3.8) is 0 Å². The maximum atomic E-state index is 7.00. The third-order valence-corrected chi connectivity index (χ3v) is 9.97. The summed E-state index contributed by atoms with van der Waals surface area (Å²) in [6, 6.07) is 42.4. The van der Waals surface area contributed by atoms with E-state index >= 15 is 0 Å². The number of aromatic nitrogens is 2. The zero-order valence-corrected chi connectivity index (χ0v) is 43.1. The molecule has 1 fully saturated rings. The highest BCUT2D eigenvalue weighted by Gasteiger charge is 2.11. The van der Waals surface area contributed by atoms with E-state index in [1.54, 1.807) is 0 Å². The van der Waals surface area contributed by atoms with E-state index in [0.29, 0.717) is 12.4 Å². The number of rotatable bonds is 14. The molecule has 1 aliphatic heterocycles. The van der Waals surface area contributed by atoms with Gasteiger partial charge in [0.2, 0.25) is 0 Å². The van der Waals surface area contributed by atoms with Crippen molar-refractivity contribution in [2.75, 3.05) is 64.2 Å².